The van der Waals surface area contributed by atoms with Crippen molar-refractivity contribution in [2.24, 2.45) is 0 Å². The molecule has 0 spiro atoms. The van der Waals surface area contributed by atoms with Crippen LogP contribution < -0.4 is 15.1 Å². The first-order chi connectivity index (χ1) is 10.2. The molecule has 0 aliphatic carbocycles. The number of carbonyl (C=O) groups excluding carboxylic acids is 1. The third-order valence-electron chi connectivity index (χ3n) is 3.68. The molecule has 1 N–H and O–H groups in total. The Kier molecular flexibility index (Phi) is 3.94. The van der Waals surface area contributed by atoms with Crippen LogP contribution in [0.15, 0.2) is 24.3 Å². The first-order valence-electron chi connectivity index (χ1n) is 6.93. The van der Waals surface area contributed by atoms with Crippen molar-refractivity contribution in [1.29, 1.82) is 0 Å². The van der Waals surface area contributed by atoms with Crippen LogP contribution in [0.3, 0.4) is 0 Å². The molecule has 1 aromatic rings. The van der Waals surface area contributed by atoms with Crippen molar-refractivity contribution in [2.75, 3.05) is 43.2 Å². The number of amides is 1. The second kappa shape index (κ2) is 5.87. The smallest absolute Gasteiger partial charge is 0.416 e. The lowest BCUT2D eigenvalue weighted by Crippen LogP contribution is -2.43. The molecular weight excluding hydrogens is 277 g/mol. The van der Waals surface area contributed by atoms with E-state index in [1.165, 1.54) is 0 Å². The molecule has 1 amide bonds. The molecule has 1 aromatic carbocycles. The maximum absolute atomic E-state index is 13.9. The first-order valence-corrected chi connectivity index (χ1v) is 6.93. The van der Waals surface area contributed by atoms with E-state index >= 15 is 0 Å². The number of halogens is 1. The topological polar surface area (TPSA) is 54.0 Å². The van der Waals surface area contributed by atoms with Crippen LogP contribution in [0.25, 0.3) is 0 Å². The first kappa shape index (κ1) is 14.1. The van der Waals surface area contributed by atoms with Crippen molar-refractivity contribution < 1.29 is 18.7 Å². The van der Waals surface area contributed by atoms with E-state index in [-0.39, 0.29) is 12.8 Å². The molecule has 3 rings (SSSR count). The van der Waals surface area contributed by atoms with Crippen LogP contribution in [0.4, 0.5) is 20.6 Å². The number of hydrogen-bond acceptors (Lipinski definition) is 5. The van der Waals surface area contributed by atoms with E-state index in [9.17, 15) is 9.18 Å². The van der Waals surface area contributed by atoms with Crippen LogP contribution in [-0.2, 0) is 9.47 Å². The number of carbonyl (C=O) groups is 1. The largest absolute Gasteiger partial charge is 0.428 e. The summed E-state index contributed by atoms with van der Waals surface area (Å²) < 4.78 is 24.2. The van der Waals surface area contributed by atoms with Gasteiger partial charge in [0.1, 0.15) is 0 Å². The van der Waals surface area contributed by atoms with E-state index in [2.05, 4.69) is 5.32 Å². The Labute approximate surface area is 122 Å². The molecule has 7 heteroatoms. The van der Waals surface area contributed by atoms with Crippen LogP contribution in [0, 0.1) is 0 Å². The van der Waals surface area contributed by atoms with Crippen LogP contribution in [-0.4, -0.2) is 52.0 Å². The molecule has 2 aliphatic rings. The number of anilines is 2. The summed E-state index contributed by atoms with van der Waals surface area (Å²) in [7, 11) is 1.74. The zero-order valence-electron chi connectivity index (χ0n) is 11.8. The van der Waals surface area contributed by atoms with Crippen molar-refractivity contribution in [1.82, 2.24) is 5.32 Å². The maximum Gasteiger partial charge on any atom is 0.416 e. The van der Waals surface area contributed by atoms with Gasteiger partial charge in [-0.1, -0.05) is 6.07 Å². The number of morpholine rings is 1. The highest BCUT2D eigenvalue weighted by Gasteiger charge is 2.32. The average molecular weight is 295 g/mol. The number of cyclic esters (lactones) is 1. The molecule has 114 valence electrons. The Morgan fingerprint density at radius 2 is 2.19 bits per heavy atom. The molecule has 1 unspecified atom stereocenters. The minimum Gasteiger partial charge on any atom is -0.428 e. The zero-order chi connectivity index (χ0) is 14.8. The van der Waals surface area contributed by atoms with E-state index < -0.39 is 12.4 Å². The van der Waals surface area contributed by atoms with E-state index in [4.69, 9.17) is 9.47 Å². The van der Waals surface area contributed by atoms with Crippen molar-refractivity contribution >= 4 is 17.5 Å². The van der Waals surface area contributed by atoms with Crippen molar-refractivity contribution in [2.45, 2.75) is 12.5 Å². The van der Waals surface area contributed by atoms with E-state index in [0.29, 0.717) is 25.4 Å². The second-order valence-corrected chi connectivity index (χ2v) is 4.99. The fraction of sp³-hybridized carbons (Fsp3) is 0.500. The standard InChI is InChI=1S/C14H18FN3O3/c1-16-13-8-18(14(19)21-13)11-4-2-3-10(7-11)17-5-6-20-9-12(17)15/h2-4,7,12-13,16H,5-6,8-9H2,1H3/t12?,13-/m0/s1. The fourth-order valence-corrected chi connectivity index (χ4v) is 2.53. The summed E-state index contributed by atoms with van der Waals surface area (Å²) >= 11 is 0. The number of nitrogens with one attached hydrogen (secondary N) is 1. The molecular formula is C14H18FN3O3. The number of hydrogen-bond donors (Lipinski definition) is 1. The molecule has 0 radical (unpaired) electrons. The predicted molar refractivity (Wildman–Crippen MR) is 76.2 cm³/mol. The van der Waals surface area contributed by atoms with Crippen LogP contribution in [0.5, 0.6) is 0 Å². The van der Waals surface area contributed by atoms with Gasteiger partial charge in [-0.05, 0) is 25.2 Å². The maximum atomic E-state index is 13.9. The summed E-state index contributed by atoms with van der Waals surface area (Å²) in [6.45, 7) is 1.49. The van der Waals surface area contributed by atoms with Crippen molar-refractivity contribution in [3.63, 3.8) is 0 Å². The van der Waals surface area contributed by atoms with Gasteiger partial charge in [0.2, 0.25) is 0 Å². The molecule has 2 saturated heterocycles. The number of rotatable bonds is 3. The predicted octanol–water partition coefficient (Wildman–Crippen LogP) is 1.32. The van der Waals surface area contributed by atoms with Crippen LogP contribution in [0.1, 0.15) is 0 Å². The van der Waals surface area contributed by atoms with Gasteiger partial charge >= 0.3 is 6.09 Å². The van der Waals surface area contributed by atoms with E-state index in [0.717, 1.165) is 5.69 Å². The Balaban J connectivity index is 1.81. The van der Waals surface area contributed by atoms with Gasteiger partial charge in [-0.3, -0.25) is 10.2 Å². The van der Waals surface area contributed by atoms with Gasteiger partial charge in [0.15, 0.2) is 12.5 Å². The third-order valence-corrected chi connectivity index (χ3v) is 3.68. The summed E-state index contributed by atoms with van der Waals surface area (Å²) in [6, 6.07) is 7.26. The number of nitrogens with zero attached hydrogens (tertiary/aromatic N) is 2. The summed E-state index contributed by atoms with van der Waals surface area (Å²) in [4.78, 5) is 15.0. The lowest BCUT2D eigenvalue weighted by atomic mass is 10.2. The molecule has 0 aromatic heterocycles. The monoisotopic (exact) mass is 295 g/mol. The van der Waals surface area contributed by atoms with E-state index in [1.807, 2.05) is 18.2 Å². The zero-order valence-corrected chi connectivity index (χ0v) is 11.8. The van der Waals surface area contributed by atoms with Crippen LogP contribution in [0.2, 0.25) is 0 Å². The van der Waals surface area contributed by atoms with Crippen LogP contribution >= 0.6 is 0 Å². The quantitative estimate of drug-likeness (QED) is 0.852. The normalized spacial score (nSPS) is 26.1. The second-order valence-electron chi connectivity index (χ2n) is 4.99. The number of ether oxygens (including phenoxy) is 2. The number of alkyl halides is 1. The molecule has 2 heterocycles. The molecule has 0 saturated carbocycles. The molecule has 2 aliphatic heterocycles. The Hall–Kier alpha value is -1.86. The Bertz CT molecular complexity index is 528. The SMILES string of the molecule is CN[C@@H]1CN(c2cccc(N3CCOCC3F)c2)C(=O)O1. The van der Waals surface area contributed by atoms with Crippen molar-refractivity contribution in [3.05, 3.63) is 24.3 Å². The molecule has 6 nitrogen and oxygen atoms in total. The minimum absolute atomic E-state index is 0.0673. The van der Waals surface area contributed by atoms with Gasteiger partial charge in [-0.25, -0.2) is 9.18 Å². The molecule has 2 atom stereocenters. The Morgan fingerprint density at radius 1 is 1.38 bits per heavy atom. The van der Waals surface area contributed by atoms with E-state index in [1.54, 1.807) is 22.9 Å². The van der Waals surface area contributed by atoms with Gasteiger partial charge in [0, 0.05) is 17.9 Å². The summed E-state index contributed by atoms with van der Waals surface area (Å²) in [6.07, 6.45) is -1.88. The average Bonchev–Trinajstić information content (AvgIpc) is 2.89. The summed E-state index contributed by atoms with van der Waals surface area (Å²) in [5, 5.41) is 2.91. The van der Waals surface area contributed by atoms with Gasteiger partial charge in [-0.15, -0.1) is 0 Å². The summed E-state index contributed by atoms with van der Waals surface area (Å²) in [5.41, 5.74) is 1.44. The fourth-order valence-electron chi connectivity index (χ4n) is 2.53. The lowest BCUT2D eigenvalue weighted by Gasteiger charge is -2.32. The highest BCUT2D eigenvalue weighted by atomic mass is 19.1. The lowest BCUT2D eigenvalue weighted by molar-refractivity contribution is 0.0497. The summed E-state index contributed by atoms with van der Waals surface area (Å²) in [5.74, 6) is 0. The third kappa shape index (κ3) is 2.79. The molecule has 0 bridgehead atoms. The number of likely N-dealkylation sites (N-methyl/N-ethyl adjacent to an activating group) is 1. The van der Waals surface area contributed by atoms with Gasteiger partial charge in [0.25, 0.3) is 0 Å². The Morgan fingerprint density at radius 3 is 2.90 bits per heavy atom. The molecule has 21 heavy (non-hydrogen) atoms. The van der Waals surface area contributed by atoms with Gasteiger partial charge < -0.3 is 14.4 Å². The minimum atomic E-state index is -1.16. The highest BCUT2D eigenvalue weighted by Crippen LogP contribution is 2.28. The molecule has 2 fully saturated rings. The number of benzene rings is 1. The highest BCUT2D eigenvalue weighted by molar-refractivity contribution is 5.90. The van der Waals surface area contributed by atoms with Gasteiger partial charge in [0.05, 0.1) is 19.8 Å². The van der Waals surface area contributed by atoms with Crippen molar-refractivity contribution in [3.8, 4) is 0 Å². The van der Waals surface area contributed by atoms with Gasteiger partial charge in [-0.2, -0.15) is 0 Å².